The molecule has 0 fully saturated rings. The monoisotopic (exact) mass is 396 g/mol. The largest absolute Gasteiger partial charge is 0.486 e. The van der Waals surface area contributed by atoms with Crippen LogP contribution in [0.2, 0.25) is 0 Å². The average molecular weight is 396 g/mol. The smallest absolute Gasteiger partial charge is 0.269 e. The number of amides is 1. The molecule has 0 aliphatic rings. The highest BCUT2D eigenvalue weighted by Crippen LogP contribution is 2.20. The number of benzene rings is 1. The summed E-state index contributed by atoms with van der Waals surface area (Å²) in [5.74, 6) is 0.632. The number of nitro groups is 1. The molecule has 0 atom stereocenters. The van der Waals surface area contributed by atoms with Crippen molar-refractivity contribution in [3.05, 3.63) is 75.2 Å². The first-order chi connectivity index (χ1) is 13.5. The third-order valence-electron chi connectivity index (χ3n) is 3.42. The number of carbonyl (C=O) groups excluding carboxylic acids is 1. The summed E-state index contributed by atoms with van der Waals surface area (Å²) < 4.78 is 11.0. The van der Waals surface area contributed by atoms with Crippen LogP contribution in [0.4, 0.5) is 10.8 Å². The molecular formula is C18H12N4O5S. The Kier molecular flexibility index (Phi) is 5.78. The number of thiazole rings is 1. The number of nitro benzene ring substituents is 1. The molecule has 0 saturated heterocycles. The van der Waals surface area contributed by atoms with Gasteiger partial charge in [0.2, 0.25) is 0 Å². The summed E-state index contributed by atoms with van der Waals surface area (Å²) in [5, 5.41) is 24.4. The van der Waals surface area contributed by atoms with Crippen LogP contribution in [-0.4, -0.2) is 15.8 Å². The minimum Gasteiger partial charge on any atom is -0.486 e. The fraction of sp³-hybridized carbons (Fsp3) is 0.0556. The third-order valence-corrected chi connectivity index (χ3v) is 4.10. The quantitative estimate of drug-likeness (QED) is 0.278. The summed E-state index contributed by atoms with van der Waals surface area (Å²) in [6.07, 6.45) is 2.86. The number of rotatable bonds is 7. The van der Waals surface area contributed by atoms with E-state index < -0.39 is 10.8 Å². The first-order valence-corrected chi connectivity index (χ1v) is 8.72. The summed E-state index contributed by atoms with van der Waals surface area (Å²) >= 11 is 1.24. The number of carbonyl (C=O) groups is 1. The molecule has 2 heterocycles. The van der Waals surface area contributed by atoms with Gasteiger partial charge in [-0.15, -0.1) is 11.3 Å². The van der Waals surface area contributed by atoms with E-state index in [9.17, 15) is 20.2 Å². The van der Waals surface area contributed by atoms with Crippen LogP contribution in [0.3, 0.4) is 0 Å². The molecule has 0 aliphatic carbocycles. The Morgan fingerprint density at radius 2 is 2.14 bits per heavy atom. The normalized spacial score (nSPS) is 10.9. The molecule has 1 amide bonds. The topological polar surface area (TPSA) is 131 Å². The number of aromatic nitrogens is 1. The number of ether oxygens (including phenoxy) is 1. The van der Waals surface area contributed by atoms with Crippen molar-refractivity contribution in [1.82, 2.24) is 4.98 Å². The van der Waals surface area contributed by atoms with Gasteiger partial charge in [-0.2, -0.15) is 5.26 Å². The first-order valence-electron chi connectivity index (χ1n) is 7.84. The molecule has 28 heavy (non-hydrogen) atoms. The second kappa shape index (κ2) is 8.61. The van der Waals surface area contributed by atoms with Crippen molar-refractivity contribution in [3.63, 3.8) is 0 Å². The second-order valence-corrected chi connectivity index (χ2v) is 6.20. The average Bonchev–Trinajstić information content (AvgIpc) is 3.36. The molecule has 0 aliphatic heterocycles. The molecule has 10 heteroatoms. The number of nitrogens with zero attached hydrogens (tertiary/aromatic N) is 3. The van der Waals surface area contributed by atoms with Gasteiger partial charge in [0.1, 0.15) is 35.5 Å². The molecule has 1 aromatic carbocycles. The van der Waals surface area contributed by atoms with Crippen LogP contribution in [0.15, 0.2) is 58.0 Å². The maximum absolute atomic E-state index is 12.1. The van der Waals surface area contributed by atoms with E-state index >= 15 is 0 Å². The van der Waals surface area contributed by atoms with Gasteiger partial charge < -0.3 is 9.15 Å². The van der Waals surface area contributed by atoms with Crippen LogP contribution in [0.5, 0.6) is 5.75 Å². The van der Waals surface area contributed by atoms with Gasteiger partial charge in [0.05, 0.1) is 4.92 Å². The van der Waals surface area contributed by atoms with Gasteiger partial charge in [-0.25, -0.2) is 4.98 Å². The summed E-state index contributed by atoms with van der Waals surface area (Å²) in [5.41, 5.74) is -0.162. The molecule has 3 aromatic rings. The maximum Gasteiger partial charge on any atom is 0.269 e. The van der Waals surface area contributed by atoms with Crippen LogP contribution in [0.25, 0.3) is 6.08 Å². The van der Waals surface area contributed by atoms with Gasteiger partial charge in [0.25, 0.3) is 11.6 Å². The molecule has 3 rings (SSSR count). The van der Waals surface area contributed by atoms with E-state index in [1.165, 1.54) is 41.7 Å². The van der Waals surface area contributed by atoms with E-state index in [1.54, 1.807) is 23.7 Å². The van der Waals surface area contributed by atoms with Crippen molar-refractivity contribution in [2.75, 3.05) is 5.32 Å². The number of non-ortho nitro benzene ring substituents is 1. The molecule has 1 N–H and O–H groups in total. The van der Waals surface area contributed by atoms with Gasteiger partial charge >= 0.3 is 0 Å². The van der Waals surface area contributed by atoms with E-state index in [0.29, 0.717) is 22.4 Å². The molecule has 0 spiro atoms. The number of anilines is 1. The van der Waals surface area contributed by atoms with E-state index in [-0.39, 0.29) is 17.9 Å². The lowest BCUT2D eigenvalue weighted by molar-refractivity contribution is -0.384. The Morgan fingerprint density at radius 1 is 1.36 bits per heavy atom. The van der Waals surface area contributed by atoms with Gasteiger partial charge in [0, 0.05) is 29.8 Å². The zero-order chi connectivity index (χ0) is 19.9. The van der Waals surface area contributed by atoms with Crippen molar-refractivity contribution in [1.29, 1.82) is 5.26 Å². The Hall–Kier alpha value is -3.97. The number of hydrogen-bond donors (Lipinski definition) is 1. The summed E-state index contributed by atoms with van der Waals surface area (Å²) in [6, 6.07) is 10.7. The van der Waals surface area contributed by atoms with Crippen molar-refractivity contribution < 1.29 is 18.9 Å². The standard InChI is InChI=1S/C18H12N4O5S/c19-10-12(17(23)21-18-20-7-8-28-18)9-15-5-6-16(27-15)11-26-14-3-1-13(2-4-14)22(24)25/h1-9H,11H2,(H,20,21,23). The Bertz CT molecular complexity index is 1050. The molecule has 140 valence electrons. The predicted octanol–water partition coefficient (Wildman–Crippen LogP) is 3.77. The molecule has 0 bridgehead atoms. The second-order valence-electron chi connectivity index (χ2n) is 5.30. The van der Waals surface area contributed by atoms with Crippen LogP contribution >= 0.6 is 11.3 Å². The van der Waals surface area contributed by atoms with E-state index in [0.717, 1.165) is 0 Å². The highest BCUT2D eigenvalue weighted by Gasteiger charge is 2.12. The highest BCUT2D eigenvalue weighted by molar-refractivity contribution is 7.13. The van der Waals surface area contributed by atoms with Crippen molar-refractivity contribution in [2.45, 2.75) is 6.61 Å². The van der Waals surface area contributed by atoms with Crippen LogP contribution in [-0.2, 0) is 11.4 Å². The molecular weight excluding hydrogens is 384 g/mol. The third kappa shape index (κ3) is 4.80. The van der Waals surface area contributed by atoms with Crippen molar-refractivity contribution in [2.24, 2.45) is 0 Å². The molecule has 0 saturated carbocycles. The number of furan rings is 1. The van der Waals surface area contributed by atoms with Crippen LogP contribution in [0, 0.1) is 21.4 Å². The van der Waals surface area contributed by atoms with Gasteiger partial charge in [0.15, 0.2) is 5.13 Å². The first kappa shape index (κ1) is 18.8. The summed E-state index contributed by atoms with van der Waals surface area (Å²) in [4.78, 5) is 26.2. The van der Waals surface area contributed by atoms with Crippen molar-refractivity contribution >= 4 is 34.1 Å². The van der Waals surface area contributed by atoms with Crippen LogP contribution in [0.1, 0.15) is 11.5 Å². The highest BCUT2D eigenvalue weighted by atomic mass is 32.1. The summed E-state index contributed by atoms with van der Waals surface area (Å²) in [6.45, 7) is 0.0822. The Balaban J connectivity index is 1.62. The zero-order valence-electron chi connectivity index (χ0n) is 14.2. The lowest BCUT2D eigenvalue weighted by Gasteiger charge is -2.03. The van der Waals surface area contributed by atoms with Gasteiger partial charge in [-0.1, -0.05) is 0 Å². The molecule has 9 nitrogen and oxygen atoms in total. The molecule has 2 aromatic heterocycles. The number of hydrogen-bond acceptors (Lipinski definition) is 8. The fourth-order valence-corrected chi connectivity index (χ4v) is 2.63. The van der Waals surface area contributed by atoms with Crippen molar-refractivity contribution in [3.8, 4) is 11.8 Å². The maximum atomic E-state index is 12.1. The predicted molar refractivity (Wildman–Crippen MR) is 100 cm³/mol. The lowest BCUT2D eigenvalue weighted by atomic mass is 10.2. The number of nitriles is 1. The Labute approximate surface area is 162 Å². The minimum absolute atomic E-state index is 0.0298. The minimum atomic E-state index is -0.586. The molecule has 0 radical (unpaired) electrons. The van der Waals surface area contributed by atoms with E-state index in [1.807, 2.05) is 6.07 Å². The number of nitrogens with one attached hydrogen (secondary N) is 1. The lowest BCUT2D eigenvalue weighted by Crippen LogP contribution is -2.13. The van der Waals surface area contributed by atoms with E-state index in [4.69, 9.17) is 9.15 Å². The van der Waals surface area contributed by atoms with E-state index in [2.05, 4.69) is 10.3 Å². The van der Waals surface area contributed by atoms with Gasteiger partial charge in [-0.3, -0.25) is 20.2 Å². The summed E-state index contributed by atoms with van der Waals surface area (Å²) in [7, 11) is 0. The van der Waals surface area contributed by atoms with Crippen LogP contribution < -0.4 is 10.1 Å². The zero-order valence-corrected chi connectivity index (χ0v) is 15.0. The SMILES string of the molecule is N#CC(=Cc1ccc(COc2ccc([N+](=O)[O-])cc2)o1)C(=O)Nc1nccs1. The van der Waals surface area contributed by atoms with Gasteiger partial charge in [-0.05, 0) is 24.3 Å². The Morgan fingerprint density at radius 3 is 2.79 bits per heavy atom. The fourth-order valence-electron chi connectivity index (χ4n) is 2.11. The molecule has 0 unspecified atom stereocenters.